The van der Waals surface area contributed by atoms with Gasteiger partial charge in [-0.1, -0.05) is 18.2 Å². The molecular formula is C14H17N3. The van der Waals surface area contributed by atoms with Gasteiger partial charge in [-0.15, -0.1) is 0 Å². The Balaban J connectivity index is 1.98. The first kappa shape index (κ1) is 9.66. The molecule has 3 nitrogen and oxygen atoms in total. The summed E-state index contributed by atoms with van der Waals surface area (Å²) in [6.07, 6.45) is 4.75. The van der Waals surface area contributed by atoms with Gasteiger partial charge in [0.2, 0.25) is 0 Å². The van der Waals surface area contributed by atoms with Crippen LogP contribution in [0.1, 0.15) is 31.4 Å². The van der Waals surface area contributed by atoms with E-state index in [0.29, 0.717) is 0 Å². The lowest BCUT2D eigenvalue weighted by Gasteiger charge is -2.20. The minimum Gasteiger partial charge on any atom is -0.324 e. The molecule has 0 bridgehead atoms. The third-order valence-electron chi connectivity index (χ3n) is 4.70. The molecule has 3 heteroatoms. The molecule has 17 heavy (non-hydrogen) atoms. The van der Waals surface area contributed by atoms with Crippen LogP contribution in [0.4, 0.5) is 0 Å². The molecule has 1 aromatic heterocycles. The molecule has 0 atom stereocenters. The monoisotopic (exact) mass is 227 g/mol. The zero-order valence-corrected chi connectivity index (χ0v) is 10.1. The maximum absolute atomic E-state index is 6.47. The van der Waals surface area contributed by atoms with E-state index in [1.54, 1.807) is 0 Å². The van der Waals surface area contributed by atoms with E-state index >= 15 is 0 Å². The second kappa shape index (κ2) is 2.72. The summed E-state index contributed by atoms with van der Waals surface area (Å²) in [4.78, 5) is 0. The van der Waals surface area contributed by atoms with Crippen molar-refractivity contribution in [2.75, 3.05) is 0 Å². The molecule has 2 aliphatic carbocycles. The average Bonchev–Trinajstić information content (AvgIpc) is 3.23. The van der Waals surface area contributed by atoms with Crippen molar-refractivity contribution in [3.8, 4) is 0 Å². The van der Waals surface area contributed by atoms with Crippen LogP contribution in [0.25, 0.3) is 10.9 Å². The minimum absolute atomic E-state index is 0.0458. The molecule has 2 N–H and O–H groups in total. The smallest absolute Gasteiger partial charge is 0.0783 e. The van der Waals surface area contributed by atoms with Crippen LogP contribution in [0.3, 0.4) is 0 Å². The molecular weight excluding hydrogens is 210 g/mol. The lowest BCUT2D eigenvalue weighted by Crippen LogP contribution is -2.37. The number of aryl methyl sites for hydroxylation is 1. The lowest BCUT2D eigenvalue weighted by molar-refractivity contribution is 0.487. The summed E-state index contributed by atoms with van der Waals surface area (Å²) in [5.74, 6) is 0. The fourth-order valence-corrected chi connectivity index (χ4v) is 3.28. The number of benzene rings is 1. The van der Waals surface area contributed by atoms with E-state index in [0.717, 1.165) is 12.8 Å². The van der Waals surface area contributed by atoms with Gasteiger partial charge in [0.15, 0.2) is 0 Å². The Labute approximate surface area is 101 Å². The highest BCUT2D eigenvalue weighted by Gasteiger charge is 2.65. The summed E-state index contributed by atoms with van der Waals surface area (Å²) in [5, 5.41) is 6.06. The van der Waals surface area contributed by atoms with E-state index in [2.05, 4.69) is 24.3 Å². The van der Waals surface area contributed by atoms with E-state index < -0.39 is 0 Å². The number of nitrogens with two attached hydrogens (primary N) is 1. The van der Waals surface area contributed by atoms with Crippen molar-refractivity contribution in [2.45, 2.75) is 36.6 Å². The summed E-state index contributed by atoms with van der Waals surface area (Å²) >= 11 is 0. The van der Waals surface area contributed by atoms with Crippen molar-refractivity contribution >= 4 is 10.9 Å². The molecule has 0 unspecified atom stereocenters. The number of fused-ring (bicyclic) bond motifs is 1. The van der Waals surface area contributed by atoms with Crippen LogP contribution in [0.2, 0.25) is 0 Å². The van der Waals surface area contributed by atoms with Gasteiger partial charge in [-0.05, 0) is 31.7 Å². The first-order valence-corrected chi connectivity index (χ1v) is 6.37. The van der Waals surface area contributed by atoms with E-state index in [1.807, 2.05) is 11.7 Å². The highest BCUT2D eigenvalue weighted by Crippen LogP contribution is 2.64. The number of hydrogen-bond acceptors (Lipinski definition) is 2. The predicted octanol–water partition coefficient (Wildman–Crippen LogP) is 2.10. The SMILES string of the molecule is Cn1nc(C2(C3(N)CC3)CC2)c2ccccc21. The molecule has 1 heterocycles. The summed E-state index contributed by atoms with van der Waals surface area (Å²) < 4.78 is 2.00. The molecule has 2 fully saturated rings. The highest BCUT2D eigenvalue weighted by atomic mass is 15.3. The Morgan fingerprint density at radius 2 is 1.88 bits per heavy atom. The van der Waals surface area contributed by atoms with Crippen LogP contribution in [0.5, 0.6) is 0 Å². The van der Waals surface area contributed by atoms with Gasteiger partial charge >= 0.3 is 0 Å². The van der Waals surface area contributed by atoms with Gasteiger partial charge in [-0.3, -0.25) is 4.68 Å². The van der Waals surface area contributed by atoms with Crippen molar-refractivity contribution in [1.29, 1.82) is 0 Å². The van der Waals surface area contributed by atoms with Crippen molar-refractivity contribution < 1.29 is 0 Å². The van der Waals surface area contributed by atoms with Gasteiger partial charge in [-0.25, -0.2) is 0 Å². The fourth-order valence-electron chi connectivity index (χ4n) is 3.28. The Kier molecular flexibility index (Phi) is 1.55. The zero-order valence-electron chi connectivity index (χ0n) is 10.1. The van der Waals surface area contributed by atoms with Gasteiger partial charge in [0, 0.05) is 23.4 Å². The van der Waals surface area contributed by atoms with E-state index in [4.69, 9.17) is 10.8 Å². The summed E-state index contributed by atoms with van der Waals surface area (Å²) in [5.41, 5.74) is 9.17. The summed E-state index contributed by atoms with van der Waals surface area (Å²) in [6, 6.07) is 8.49. The maximum atomic E-state index is 6.47. The van der Waals surface area contributed by atoms with Gasteiger partial charge in [0.05, 0.1) is 11.2 Å². The van der Waals surface area contributed by atoms with Gasteiger partial charge < -0.3 is 5.73 Å². The number of nitrogens with zero attached hydrogens (tertiary/aromatic N) is 2. The Morgan fingerprint density at radius 1 is 1.18 bits per heavy atom. The number of hydrogen-bond donors (Lipinski definition) is 1. The Morgan fingerprint density at radius 3 is 2.53 bits per heavy atom. The normalized spacial score (nSPS) is 23.9. The van der Waals surface area contributed by atoms with Crippen molar-refractivity contribution in [2.24, 2.45) is 12.8 Å². The van der Waals surface area contributed by atoms with Crippen LogP contribution in [0, 0.1) is 0 Å². The number of rotatable bonds is 2. The standard InChI is InChI=1S/C14H17N3/c1-17-11-5-3-2-4-10(11)12(16-17)13(6-7-13)14(15)8-9-14/h2-5H,6-9,15H2,1H3. The second-order valence-corrected chi connectivity index (χ2v) is 5.73. The first-order valence-electron chi connectivity index (χ1n) is 6.37. The van der Waals surface area contributed by atoms with Crippen molar-refractivity contribution in [3.05, 3.63) is 30.0 Å². The summed E-state index contributed by atoms with van der Waals surface area (Å²) in [7, 11) is 2.03. The quantitative estimate of drug-likeness (QED) is 0.853. The van der Waals surface area contributed by atoms with E-state index in [9.17, 15) is 0 Å². The molecule has 2 aliphatic rings. The fraction of sp³-hybridized carbons (Fsp3) is 0.500. The van der Waals surface area contributed by atoms with Crippen molar-refractivity contribution in [1.82, 2.24) is 9.78 Å². The van der Waals surface area contributed by atoms with Gasteiger partial charge in [0.25, 0.3) is 0 Å². The first-order chi connectivity index (χ1) is 8.16. The molecule has 2 aromatic rings. The summed E-state index contributed by atoms with van der Waals surface area (Å²) in [6.45, 7) is 0. The topological polar surface area (TPSA) is 43.8 Å². The van der Waals surface area contributed by atoms with Gasteiger partial charge in [0.1, 0.15) is 0 Å². The van der Waals surface area contributed by atoms with Crippen molar-refractivity contribution in [3.63, 3.8) is 0 Å². The van der Waals surface area contributed by atoms with Crippen LogP contribution in [-0.4, -0.2) is 15.3 Å². The van der Waals surface area contributed by atoms with Gasteiger partial charge in [-0.2, -0.15) is 5.10 Å². The lowest BCUT2D eigenvalue weighted by atomic mass is 9.89. The van der Waals surface area contributed by atoms with Crippen LogP contribution >= 0.6 is 0 Å². The molecule has 0 amide bonds. The second-order valence-electron chi connectivity index (χ2n) is 5.73. The number of para-hydroxylation sites is 1. The molecule has 88 valence electrons. The third-order valence-corrected chi connectivity index (χ3v) is 4.70. The van der Waals surface area contributed by atoms with E-state index in [1.165, 1.54) is 29.4 Å². The van der Waals surface area contributed by atoms with E-state index in [-0.39, 0.29) is 11.0 Å². The van der Waals surface area contributed by atoms with Crippen LogP contribution in [0.15, 0.2) is 24.3 Å². The number of aromatic nitrogens is 2. The van der Waals surface area contributed by atoms with Crippen LogP contribution in [-0.2, 0) is 12.5 Å². The predicted molar refractivity (Wildman–Crippen MR) is 67.8 cm³/mol. The molecule has 0 radical (unpaired) electrons. The Bertz CT molecular complexity index is 603. The zero-order chi connectivity index (χ0) is 11.7. The molecule has 4 rings (SSSR count). The molecule has 0 saturated heterocycles. The molecule has 2 saturated carbocycles. The highest BCUT2D eigenvalue weighted by molar-refractivity contribution is 5.84. The molecule has 0 spiro atoms. The largest absolute Gasteiger partial charge is 0.324 e. The maximum Gasteiger partial charge on any atom is 0.0783 e. The Hall–Kier alpha value is -1.35. The average molecular weight is 227 g/mol. The molecule has 1 aromatic carbocycles. The third kappa shape index (κ3) is 1.08. The molecule has 0 aliphatic heterocycles. The van der Waals surface area contributed by atoms with Crippen LogP contribution < -0.4 is 5.73 Å². The minimum atomic E-state index is 0.0458.